The van der Waals surface area contributed by atoms with Gasteiger partial charge in [-0.05, 0) is 195 Å². The summed E-state index contributed by atoms with van der Waals surface area (Å²) in [6.07, 6.45) is 19.7. The molecule has 14 heterocycles. The summed E-state index contributed by atoms with van der Waals surface area (Å²) in [5, 5.41) is 25.9. The van der Waals surface area contributed by atoms with Gasteiger partial charge in [-0.3, -0.25) is 4.37 Å². The van der Waals surface area contributed by atoms with Gasteiger partial charge in [0, 0.05) is 204 Å². The maximum Gasteiger partial charge on any atom is 0.0342 e. The van der Waals surface area contributed by atoms with E-state index < -0.39 is 0 Å². The minimum Gasteiger partial charge on any atom is -0.535 e. The van der Waals surface area contributed by atoms with Gasteiger partial charge in [-0.1, -0.05) is 264 Å². The third-order valence-corrected chi connectivity index (χ3v) is 27.3. The standard InChI is InChI=1S/C23H16NO.C22H14NS.C18H14NS.C16H10NS.C13H7N2S.C12H6N3S.6Ir/c1-14-6-3-7-15(2)20(14)18-9-4-8-16-17-10-5-12-24-22(17)19-11-13-25-23(19)21(16)18;1-14-13-19-21-18(11-6-12-23-21)17-10-5-9-16(20(17)22(19)24-14)15-7-3-2-4-8-15;1-11(2)16-10-15-17-13(8-5-9-19-17)12-6-3-4-7-14(12)18(15)20-16;1-10-9-14-15-12(7-4-8-17-15)11-5-2-3-6-13(11)16(14)18-10;1-2-4-11-9(3-1)12-10(5-8-16-12)13-14-6-7-15(11)13;1-2-4-10-8(3-1)11-9(7-14-16-11)12-13-5-6-15(10)12;;;;;;/h3-10,12-13H,1-2H3;2-12H,1H3;3-9,11H,1-2H3;2-8H,1H3;1-4,6-8H;1-6H;;;;;;/q6*-1;;;;;;. The number of furan rings is 1. The van der Waals surface area contributed by atoms with E-state index in [1.54, 1.807) is 28.9 Å². The number of hydrogen-bond donors (Lipinski definition) is 0. The second-order valence-electron chi connectivity index (χ2n) is 29.6. The van der Waals surface area contributed by atoms with Crippen molar-refractivity contribution in [1.82, 2.24) is 43.1 Å². The van der Waals surface area contributed by atoms with Crippen molar-refractivity contribution in [1.29, 1.82) is 0 Å². The van der Waals surface area contributed by atoms with Crippen LogP contribution in [0.3, 0.4) is 0 Å². The molecule has 0 aliphatic carbocycles. The number of pyridine rings is 6. The Morgan fingerprint density at radius 1 is 0.344 bits per heavy atom. The van der Waals surface area contributed by atoms with Gasteiger partial charge in [-0.15, -0.1) is 49.9 Å². The molecule has 26 aromatic rings. The molecule has 0 amide bonds. The van der Waals surface area contributed by atoms with Crippen LogP contribution in [0.15, 0.2) is 296 Å². The quantitative estimate of drug-likeness (QED) is 0.127. The van der Waals surface area contributed by atoms with Gasteiger partial charge >= 0.3 is 0 Å². The molecule has 0 saturated heterocycles. The maximum absolute atomic E-state index is 5.89. The molecular formula is C104H67Ir6N9OS5-6. The first-order valence-corrected chi connectivity index (χ1v) is 43.3. The van der Waals surface area contributed by atoms with Crippen LogP contribution in [0, 0.1) is 64.2 Å². The summed E-state index contributed by atoms with van der Waals surface area (Å²) in [4.78, 5) is 30.9. The van der Waals surface area contributed by atoms with Crippen molar-refractivity contribution < 1.29 is 125 Å². The van der Waals surface area contributed by atoms with Crippen LogP contribution in [-0.4, -0.2) is 43.1 Å². The molecule has 10 nitrogen and oxygen atoms in total. The molecule has 21 heteroatoms. The first-order chi connectivity index (χ1) is 58.6. The molecule has 0 unspecified atom stereocenters. The van der Waals surface area contributed by atoms with Crippen molar-refractivity contribution >= 4 is 238 Å². The van der Waals surface area contributed by atoms with E-state index in [2.05, 4.69) is 315 Å². The van der Waals surface area contributed by atoms with Gasteiger partial charge < -0.3 is 43.1 Å². The van der Waals surface area contributed by atoms with E-state index >= 15 is 0 Å². The molecule has 14 aromatic heterocycles. The molecule has 0 saturated carbocycles. The van der Waals surface area contributed by atoms with Gasteiger partial charge in [0.1, 0.15) is 0 Å². The summed E-state index contributed by atoms with van der Waals surface area (Å²) >= 11 is 8.67. The number of aryl methyl sites for hydroxylation is 4. The molecular weight excluding hydrogens is 2700 g/mol. The van der Waals surface area contributed by atoms with Crippen LogP contribution in [0.5, 0.6) is 0 Å². The summed E-state index contributed by atoms with van der Waals surface area (Å²) in [7, 11) is 0. The van der Waals surface area contributed by atoms with Gasteiger partial charge in [0.25, 0.3) is 0 Å². The largest absolute Gasteiger partial charge is 0.535 e. The van der Waals surface area contributed by atoms with Crippen molar-refractivity contribution in [2.24, 2.45) is 0 Å². The van der Waals surface area contributed by atoms with E-state index in [1.165, 1.54) is 159 Å². The fourth-order valence-electron chi connectivity index (χ4n) is 17.0. The van der Waals surface area contributed by atoms with E-state index in [0.29, 0.717) is 5.92 Å². The van der Waals surface area contributed by atoms with E-state index in [1.807, 2.05) is 114 Å². The molecule has 0 spiro atoms. The van der Waals surface area contributed by atoms with Crippen molar-refractivity contribution in [3.05, 3.63) is 354 Å². The van der Waals surface area contributed by atoms with Gasteiger partial charge in [0.05, 0.1) is 0 Å². The minimum absolute atomic E-state index is 0. The maximum atomic E-state index is 5.89. The Labute approximate surface area is 820 Å². The summed E-state index contributed by atoms with van der Waals surface area (Å²) in [5.41, 5.74) is 16.8. The smallest absolute Gasteiger partial charge is 0.0342 e. The number of nitrogens with zero attached hydrogens (tertiary/aromatic N) is 9. The zero-order valence-corrected chi connectivity index (χ0v) is 85.7. The average molecular weight is 2770 g/mol. The molecule has 26 rings (SSSR count). The second kappa shape index (κ2) is 38.5. The fourth-order valence-corrected chi connectivity index (χ4v) is 21.8. The molecule has 12 aromatic carbocycles. The SMILES string of the molecule is CC(C)c1[c-]c2c3ncccc3c3ccccc3c2s1.Cc1[c-]c2c3ncccc3c3cccc(-c4ccccc4)c3c2s1.Cc1[c-]c2c3ncccc3c3ccccc3c2s1.Cc1cccc(C)c1-c1cccc2c3cccnc3c3[c-]coc3c12.[Ir].[Ir].[Ir].[Ir].[Ir].[Ir].[c-]1csc2c1c1nccn1c1ccccc21.[c-]1nsc2c1c1nccn1c1ccccc21. The Kier molecular flexibility index (Phi) is 27.8. The van der Waals surface area contributed by atoms with Gasteiger partial charge in [-0.2, -0.15) is 24.3 Å². The number of fused-ring (bicyclic) bond motifs is 36. The third-order valence-electron chi connectivity index (χ3n) is 22.2. The van der Waals surface area contributed by atoms with Crippen LogP contribution in [0.1, 0.15) is 45.5 Å². The molecule has 0 N–H and O–H groups in total. The Balaban J connectivity index is 0.000000116. The van der Waals surface area contributed by atoms with Crippen LogP contribution in [0.2, 0.25) is 0 Å². The monoisotopic (exact) mass is 2780 g/mol. The van der Waals surface area contributed by atoms with Gasteiger partial charge in [0.2, 0.25) is 0 Å². The number of benzene rings is 12. The van der Waals surface area contributed by atoms with E-state index in [-0.39, 0.29) is 121 Å². The second-order valence-corrected chi connectivity index (χ2v) is 34.8. The van der Waals surface area contributed by atoms with Crippen LogP contribution in [0.4, 0.5) is 0 Å². The zero-order valence-electron chi connectivity index (χ0n) is 67.3. The summed E-state index contributed by atoms with van der Waals surface area (Å²) in [6, 6.07) is 97.6. The molecule has 0 bridgehead atoms. The summed E-state index contributed by atoms with van der Waals surface area (Å²) < 4.78 is 20.6. The number of imidazole rings is 2. The van der Waals surface area contributed by atoms with E-state index in [4.69, 9.17) is 4.42 Å². The van der Waals surface area contributed by atoms with Crippen molar-refractivity contribution in [3.63, 3.8) is 0 Å². The van der Waals surface area contributed by atoms with Crippen LogP contribution < -0.4 is 0 Å². The first-order valence-electron chi connectivity index (χ1n) is 39.2. The number of hydrogen-bond acceptors (Lipinski definition) is 13. The fraction of sp³-hybridized carbons (Fsp3) is 0.0673. The van der Waals surface area contributed by atoms with Gasteiger partial charge in [-0.25, -0.2) is 45.3 Å². The van der Waals surface area contributed by atoms with Crippen LogP contribution in [0.25, 0.3) is 203 Å². The van der Waals surface area contributed by atoms with Crippen LogP contribution in [-0.2, 0) is 121 Å². The Hall–Kier alpha value is -9.61. The predicted octanol–water partition coefficient (Wildman–Crippen LogP) is 29.2. The molecule has 0 fully saturated rings. The Morgan fingerprint density at radius 3 is 1.35 bits per heavy atom. The molecule has 0 aliphatic rings. The molecule has 624 valence electrons. The first kappa shape index (κ1) is 90.2. The third kappa shape index (κ3) is 16.2. The normalized spacial score (nSPS) is 11.1. The average Bonchev–Trinajstić information content (AvgIpc) is 1.61. The van der Waals surface area contributed by atoms with E-state index in [9.17, 15) is 0 Å². The molecule has 6 radical (unpaired) electrons. The van der Waals surface area contributed by atoms with Crippen molar-refractivity contribution in [2.45, 2.75) is 47.5 Å². The summed E-state index contributed by atoms with van der Waals surface area (Å²) in [5.74, 6) is 0.505. The van der Waals surface area contributed by atoms with Crippen LogP contribution >= 0.6 is 56.9 Å². The van der Waals surface area contributed by atoms with Gasteiger partial charge in [0.15, 0.2) is 0 Å². The number of rotatable bonds is 3. The predicted molar refractivity (Wildman–Crippen MR) is 504 cm³/mol. The topological polar surface area (TPSA) is 112 Å². The Morgan fingerprint density at radius 2 is 0.784 bits per heavy atom. The molecule has 0 atom stereocenters. The van der Waals surface area contributed by atoms with Crippen molar-refractivity contribution in [2.75, 3.05) is 0 Å². The van der Waals surface area contributed by atoms with Crippen molar-refractivity contribution in [3.8, 4) is 22.3 Å². The number of para-hydroxylation sites is 2. The zero-order chi connectivity index (χ0) is 79.9. The molecule has 125 heavy (non-hydrogen) atoms. The minimum atomic E-state index is 0. The molecule has 0 aliphatic heterocycles. The number of aromatic nitrogens is 9. The Bertz CT molecular complexity index is 8040. The number of thiophene rings is 4. The van der Waals surface area contributed by atoms with E-state index in [0.717, 1.165) is 81.3 Å². The summed E-state index contributed by atoms with van der Waals surface area (Å²) in [6.45, 7) is 13.0.